The van der Waals surface area contributed by atoms with Crippen molar-refractivity contribution in [2.45, 2.75) is 38.5 Å². The van der Waals surface area contributed by atoms with Crippen molar-refractivity contribution in [1.29, 1.82) is 0 Å². The summed E-state index contributed by atoms with van der Waals surface area (Å²) < 4.78 is 0. The van der Waals surface area contributed by atoms with Gasteiger partial charge >= 0.3 is 0 Å². The van der Waals surface area contributed by atoms with E-state index in [4.69, 9.17) is 5.73 Å². The Labute approximate surface area is 116 Å². The highest BCUT2D eigenvalue weighted by molar-refractivity contribution is 5.72. The van der Waals surface area contributed by atoms with Gasteiger partial charge in [-0.1, -0.05) is 18.6 Å². The molecule has 1 heterocycles. The molecule has 1 aromatic carbocycles. The van der Waals surface area contributed by atoms with Gasteiger partial charge in [-0.15, -0.1) is 0 Å². The van der Waals surface area contributed by atoms with Crippen molar-refractivity contribution in [2.24, 2.45) is 17.8 Å². The Hall–Kier alpha value is -1.18. The van der Waals surface area contributed by atoms with Crippen LogP contribution in [0, 0.1) is 17.8 Å². The third-order valence-electron chi connectivity index (χ3n) is 5.68. The molecule has 0 radical (unpaired) electrons. The lowest BCUT2D eigenvalue weighted by atomic mass is 9.87. The second kappa shape index (κ2) is 4.43. The number of benzene rings is 1. The molecular formula is C17H24N2. The molecule has 3 atom stereocenters. The van der Waals surface area contributed by atoms with Crippen LogP contribution in [0.25, 0.3) is 0 Å². The highest BCUT2D eigenvalue weighted by atomic mass is 15.1. The van der Waals surface area contributed by atoms with Crippen LogP contribution in [0.1, 0.15) is 37.7 Å². The molecule has 2 N–H and O–H groups in total. The average Bonchev–Trinajstić information content (AvgIpc) is 3.01. The maximum absolute atomic E-state index is 6.24. The van der Waals surface area contributed by atoms with Gasteiger partial charge in [0.05, 0.1) is 11.4 Å². The SMILES string of the molecule is Nc1cccc2c1N(CC1CC3CCC1C3)CCC2. The van der Waals surface area contributed by atoms with Crippen LogP contribution in [-0.2, 0) is 6.42 Å². The fraction of sp³-hybridized carbons (Fsp3) is 0.647. The van der Waals surface area contributed by atoms with Crippen LogP contribution >= 0.6 is 0 Å². The molecule has 2 aliphatic carbocycles. The first-order valence-electron chi connectivity index (χ1n) is 7.93. The number of para-hydroxylation sites is 1. The van der Waals surface area contributed by atoms with Gasteiger partial charge in [0.25, 0.3) is 0 Å². The lowest BCUT2D eigenvalue weighted by Gasteiger charge is -2.36. The van der Waals surface area contributed by atoms with Crippen molar-refractivity contribution in [3.63, 3.8) is 0 Å². The number of aryl methyl sites for hydroxylation is 1. The third kappa shape index (κ3) is 1.92. The Bertz CT molecular complexity index is 482. The number of anilines is 2. The molecule has 19 heavy (non-hydrogen) atoms. The molecule has 0 amide bonds. The largest absolute Gasteiger partial charge is 0.397 e. The fourth-order valence-electron chi connectivity index (χ4n) is 4.84. The molecule has 2 nitrogen and oxygen atoms in total. The van der Waals surface area contributed by atoms with Gasteiger partial charge in [0.15, 0.2) is 0 Å². The Morgan fingerprint density at radius 1 is 1.21 bits per heavy atom. The topological polar surface area (TPSA) is 29.3 Å². The summed E-state index contributed by atoms with van der Waals surface area (Å²) in [4.78, 5) is 2.60. The van der Waals surface area contributed by atoms with Gasteiger partial charge in [-0.25, -0.2) is 0 Å². The van der Waals surface area contributed by atoms with E-state index in [2.05, 4.69) is 23.1 Å². The van der Waals surface area contributed by atoms with E-state index in [-0.39, 0.29) is 0 Å². The van der Waals surface area contributed by atoms with Gasteiger partial charge < -0.3 is 10.6 Å². The number of fused-ring (bicyclic) bond motifs is 3. The summed E-state index contributed by atoms with van der Waals surface area (Å²) in [7, 11) is 0. The maximum Gasteiger partial charge on any atom is 0.0632 e. The predicted octanol–water partition coefficient (Wildman–Crippen LogP) is 3.46. The Balaban J connectivity index is 1.57. The van der Waals surface area contributed by atoms with E-state index in [9.17, 15) is 0 Å². The fourth-order valence-corrected chi connectivity index (χ4v) is 4.84. The molecule has 2 saturated carbocycles. The highest BCUT2D eigenvalue weighted by Gasteiger charge is 2.40. The molecule has 1 aromatic rings. The number of nitrogens with two attached hydrogens (primary N) is 1. The molecule has 1 aliphatic heterocycles. The van der Waals surface area contributed by atoms with Crippen molar-refractivity contribution in [3.05, 3.63) is 23.8 Å². The van der Waals surface area contributed by atoms with Crippen LogP contribution in [-0.4, -0.2) is 13.1 Å². The van der Waals surface area contributed by atoms with Crippen molar-refractivity contribution >= 4 is 11.4 Å². The second-order valence-electron chi connectivity index (χ2n) is 6.84. The molecule has 4 rings (SSSR count). The summed E-state index contributed by atoms with van der Waals surface area (Å²) >= 11 is 0. The van der Waals surface area contributed by atoms with Gasteiger partial charge in [0.1, 0.15) is 0 Å². The number of hydrogen-bond donors (Lipinski definition) is 1. The summed E-state index contributed by atoms with van der Waals surface area (Å²) in [5.74, 6) is 3.00. The number of nitrogen functional groups attached to an aromatic ring is 1. The average molecular weight is 256 g/mol. The van der Waals surface area contributed by atoms with Crippen LogP contribution in [0.5, 0.6) is 0 Å². The molecule has 3 aliphatic rings. The van der Waals surface area contributed by atoms with Gasteiger partial charge in [-0.05, 0) is 61.5 Å². The molecule has 0 aromatic heterocycles. The predicted molar refractivity (Wildman–Crippen MR) is 80.3 cm³/mol. The zero-order valence-corrected chi connectivity index (χ0v) is 11.6. The molecule has 2 fully saturated rings. The van der Waals surface area contributed by atoms with Crippen LogP contribution in [0.15, 0.2) is 18.2 Å². The monoisotopic (exact) mass is 256 g/mol. The molecule has 2 heteroatoms. The maximum atomic E-state index is 6.24. The zero-order chi connectivity index (χ0) is 12.8. The lowest BCUT2D eigenvalue weighted by molar-refractivity contribution is 0.332. The summed E-state index contributed by atoms with van der Waals surface area (Å²) in [6.45, 7) is 2.46. The molecule has 0 saturated heterocycles. The zero-order valence-electron chi connectivity index (χ0n) is 11.6. The van der Waals surface area contributed by atoms with Crippen molar-refractivity contribution < 1.29 is 0 Å². The van der Waals surface area contributed by atoms with E-state index < -0.39 is 0 Å². The second-order valence-corrected chi connectivity index (χ2v) is 6.84. The minimum atomic E-state index is 0.935. The highest BCUT2D eigenvalue weighted by Crippen LogP contribution is 2.49. The molecule has 2 bridgehead atoms. The van der Waals surface area contributed by atoms with E-state index in [0.29, 0.717) is 0 Å². The van der Waals surface area contributed by atoms with Crippen LogP contribution < -0.4 is 10.6 Å². The van der Waals surface area contributed by atoms with E-state index in [1.54, 1.807) is 0 Å². The first-order chi connectivity index (χ1) is 9.31. The van der Waals surface area contributed by atoms with Crippen molar-refractivity contribution in [2.75, 3.05) is 23.7 Å². The summed E-state index contributed by atoms with van der Waals surface area (Å²) in [6, 6.07) is 6.44. The van der Waals surface area contributed by atoms with Gasteiger partial charge in [-0.3, -0.25) is 0 Å². The molecule has 102 valence electrons. The quantitative estimate of drug-likeness (QED) is 0.821. The Morgan fingerprint density at radius 2 is 2.16 bits per heavy atom. The summed E-state index contributed by atoms with van der Waals surface area (Å²) in [5, 5.41) is 0. The van der Waals surface area contributed by atoms with E-state index in [0.717, 1.165) is 23.4 Å². The first-order valence-corrected chi connectivity index (χ1v) is 7.93. The van der Waals surface area contributed by atoms with E-state index in [1.807, 2.05) is 0 Å². The van der Waals surface area contributed by atoms with Crippen LogP contribution in [0.2, 0.25) is 0 Å². The number of hydrogen-bond acceptors (Lipinski definition) is 2. The minimum Gasteiger partial charge on any atom is -0.397 e. The van der Waals surface area contributed by atoms with Gasteiger partial charge in [-0.2, -0.15) is 0 Å². The standard InChI is InChI=1S/C17H24N2/c18-16-5-1-3-13-4-2-8-19(17(13)16)11-15-10-12-6-7-14(15)9-12/h1,3,5,12,14-15H,2,4,6-11,18H2. The minimum absolute atomic E-state index is 0.935. The van der Waals surface area contributed by atoms with Crippen LogP contribution in [0.3, 0.4) is 0 Å². The number of nitrogens with zero attached hydrogens (tertiary/aromatic N) is 1. The van der Waals surface area contributed by atoms with Crippen molar-refractivity contribution in [1.82, 2.24) is 0 Å². The summed E-state index contributed by atoms with van der Waals surface area (Å²) in [6.07, 6.45) is 8.46. The Kier molecular flexibility index (Phi) is 2.71. The van der Waals surface area contributed by atoms with E-state index >= 15 is 0 Å². The summed E-state index contributed by atoms with van der Waals surface area (Å²) in [5.41, 5.74) is 10.1. The normalized spacial score (nSPS) is 32.6. The lowest BCUT2D eigenvalue weighted by Crippen LogP contribution is -2.36. The van der Waals surface area contributed by atoms with E-state index in [1.165, 1.54) is 62.9 Å². The Morgan fingerprint density at radius 3 is 2.95 bits per heavy atom. The molecule has 3 unspecified atom stereocenters. The molecule has 0 spiro atoms. The smallest absolute Gasteiger partial charge is 0.0632 e. The van der Waals surface area contributed by atoms with Gasteiger partial charge in [0, 0.05) is 13.1 Å². The van der Waals surface area contributed by atoms with Gasteiger partial charge in [0.2, 0.25) is 0 Å². The first kappa shape index (κ1) is 11.6. The van der Waals surface area contributed by atoms with Crippen molar-refractivity contribution in [3.8, 4) is 0 Å². The molecular weight excluding hydrogens is 232 g/mol. The third-order valence-corrected chi connectivity index (χ3v) is 5.68. The van der Waals surface area contributed by atoms with Crippen LogP contribution in [0.4, 0.5) is 11.4 Å². The number of rotatable bonds is 2.